The van der Waals surface area contributed by atoms with Crippen LogP contribution < -0.4 is 4.74 Å². The van der Waals surface area contributed by atoms with E-state index in [0.717, 1.165) is 0 Å². The monoisotopic (exact) mass is 323 g/mol. The Morgan fingerprint density at radius 3 is 2.87 bits per heavy atom. The van der Waals surface area contributed by atoms with Gasteiger partial charge in [0.1, 0.15) is 5.75 Å². The number of carbonyl (C=O) groups is 2. The van der Waals surface area contributed by atoms with E-state index < -0.39 is 12.6 Å². The molecule has 7 nitrogen and oxygen atoms in total. The lowest BCUT2D eigenvalue weighted by atomic mass is 10.1. The number of carboxylic acids is 1. The summed E-state index contributed by atoms with van der Waals surface area (Å²) in [6, 6.07) is 6.52. The number of aliphatic carboxylic acids is 1. The van der Waals surface area contributed by atoms with Crippen molar-refractivity contribution in [2.24, 2.45) is 0 Å². The Kier molecular flexibility index (Phi) is 5.95. The van der Waals surface area contributed by atoms with Crippen LogP contribution in [0.15, 0.2) is 24.3 Å². The smallest absolute Gasteiger partial charge is 0.341 e. The van der Waals surface area contributed by atoms with E-state index in [2.05, 4.69) is 0 Å². The van der Waals surface area contributed by atoms with E-state index >= 15 is 0 Å². The third-order valence-corrected chi connectivity index (χ3v) is 3.41. The fourth-order valence-electron chi connectivity index (χ4n) is 2.54. The Morgan fingerprint density at radius 1 is 1.39 bits per heavy atom. The predicted molar refractivity (Wildman–Crippen MR) is 81.7 cm³/mol. The van der Waals surface area contributed by atoms with Gasteiger partial charge in [0, 0.05) is 25.8 Å². The molecule has 126 valence electrons. The Hall–Kier alpha value is -2.12. The largest absolute Gasteiger partial charge is 0.482 e. The van der Waals surface area contributed by atoms with E-state index in [-0.39, 0.29) is 18.1 Å². The Labute approximate surface area is 134 Å². The number of benzene rings is 1. The normalized spacial score (nSPS) is 21.0. The highest BCUT2D eigenvalue weighted by Gasteiger charge is 2.29. The van der Waals surface area contributed by atoms with Crippen molar-refractivity contribution in [2.75, 3.05) is 33.4 Å². The lowest BCUT2D eigenvalue weighted by Crippen LogP contribution is -2.50. The van der Waals surface area contributed by atoms with Crippen molar-refractivity contribution < 1.29 is 28.9 Å². The van der Waals surface area contributed by atoms with Gasteiger partial charge in [-0.15, -0.1) is 0 Å². The molecule has 1 aliphatic rings. The van der Waals surface area contributed by atoms with Gasteiger partial charge in [0.15, 0.2) is 6.61 Å². The van der Waals surface area contributed by atoms with Crippen molar-refractivity contribution in [2.45, 2.75) is 19.1 Å². The van der Waals surface area contributed by atoms with E-state index in [1.165, 1.54) is 0 Å². The third-order valence-electron chi connectivity index (χ3n) is 3.41. The number of ether oxygens (including phenoxy) is 3. The molecular formula is C16H21NO6. The topological polar surface area (TPSA) is 85.3 Å². The standard InChI is InChI=1S/C16H21NO6/c1-11-7-17(8-14(23-11)9-21-2)16(20)12-4-3-5-13(6-12)22-10-15(18)19/h3-6,11,14H,7-10H2,1-2H3,(H,18,19). The molecule has 1 heterocycles. The third kappa shape index (κ3) is 4.94. The fraction of sp³-hybridized carbons (Fsp3) is 0.500. The molecule has 2 atom stereocenters. The van der Waals surface area contributed by atoms with Crippen LogP contribution >= 0.6 is 0 Å². The van der Waals surface area contributed by atoms with Gasteiger partial charge in [0.25, 0.3) is 5.91 Å². The minimum Gasteiger partial charge on any atom is -0.482 e. The van der Waals surface area contributed by atoms with Crippen LogP contribution in [0.4, 0.5) is 0 Å². The van der Waals surface area contributed by atoms with Crippen molar-refractivity contribution in [3.8, 4) is 5.75 Å². The molecule has 2 unspecified atom stereocenters. The molecule has 1 aromatic carbocycles. The lowest BCUT2D eigenvalue weighted by molar-refractivity contribution is -0.139. The maximum Gasteiger partial charge on any atom is 0.341 e. The highest BCUT2D eigenvalue weighted by molar-refractivity contribution is 5.94. The number of carbonyl (C=O) groups excluding carboxylic acids is 1. The molecule has 0 aromatic heterocycles. The minimum atomic E-state index is -1.06. The molecule has 2 rings (SSSR count). The van der Waals surface area contributed by atoms with E-state index in [9.17, 15) is 9.59 Å². The van der Waals surface area contributed by atoms with Gasteiger partial charge in [-0.2, -0.15) is 0 Å². The summed E-state index contributed by atoms with van der Waals surface area (Å²) in [6.45, 7) is 2.85. The van der Waals surface area contributed by atoms with E-state index in [1.807, 2.05) is 6.92 Å². The maximum atomic E-state index is 12.6. The molecule has 1 aliphatic heterocycles. The molecule has 1 N–H and O–H groups in total. The molecule has 23 heavy (non-hydrogen) atoms. The fourth-order valence-corrected chi connectivity index (χ4v) is 2.54. The summed E-state index contributed by atoms with van der Waals surface area (Å²) in [5, 5.41) is 8.64. The SMILES string of the molecule is COCC1CN(C(=O)c2cccc(OCC(=O)O)c2)CC(C)O1. The summed E-state index contributed by atoms with van der Waals surface area (Å²) in [6.07, 6.45) is -0.224. The van der Waals surface area contributed by atoms with Gasteiger partial charge in [-0.3, -0.25) is 4.79 Å². The molecule has 0 saturated carbocycles. The van der Waals surface area contributed by atoms with Crippen molar-refractivity contribution in [1.82, 2.24) is 4.90 Å². The van der Waals surface area contributed by atoms with E-state index in [4.69, 9.17) is 19.3 Å². The number of morpholine rings is 1. The molecule has 0 aliphatic carbocycles. The van der Waals surface area contributed by atoms with Crippen molar-refractivity contribution in [1.29, 1.82) is 0 Å². The van der Waals surface area contributed by atoms with Crippen LogP contribution in [0.2, 0.25) is 0 Å². The molecule has 1 saturated heterocycles. The first-order valence-electron chi connectivity index (χ1n) is 7.38. The predicted octanol–water partition coefficient (Wildman–Crippen LogP) is 1.03. The van der Waals surface area contributed by atoms with Crippen LogP contribution in [0, 0.1) is 0 Å². The zero-order valence-electron chi connectivity index (χ0n) is 13.2. The second-order valence-corrected chi connectivity index (χ2v) is 5.44. The zero-order valence-corrected chi connectivity index (χ0v) is 13.2. The van der Waals surface area contributed by atoms with Gasteiger partial charge in [0.05, 0.1) is 18.8 Å². The average Bonchev–Trinajstić information content (AvgIpc) is 2.52. The summed E-state index contributed by atoms with van der Waals surface area (Å²) < 4.78 is 15.9. The Bertz CT molecular complexity index is 561. The minimum absolute atomic E-state index is 0.0701. The highest BCUT2D eigenvalue weighted by atomic mass is 16.5. The van der Waals surface area contributed by atoms with Gasteiger partial charge in [-0.25, -0.2) is 4.79 Å². The summed E-state index contributed by atoms with van der Waals surface area (Å²) >= 11 is 0. The zero-order chi connectivity index (χ0) is 16.8. The average molecular weight is 323 g/mol. The molecule has 1 fully saturated rings. The van der Waals surface area contributed by atoms with Gasteiger partial charge in [0.2, 0.25) is 0 Å². The molecule has 0 spiro atoms. The number of methoxy groups -OCH3 is 1. The number of hydrogen-bond donors (Lipinski definition) is 1. The molecule has 1 aromatic rings. The van der Waals surface area contributed by atoms with Gasteiger partial charge < -0.3 is 24.2 Å². The second-order valence-electron chi connectivity index (χ2n) is 5.44. The summed E-state index contributed by atoms with van der Waals surface area (Å²) in [7, 11) is 1.60. The molecule has 0 bridgehead atoms. The number of amides is 1. The number of hydrogen-bond acceptors (Lipinski definition) is 5. The molecule has 7 heteroatoms. The van der Waals surface area contributed by atoms with Crippen LogP contribution in [-0.4, -0.2) is 67.5 Å². The summed E-state index contributed by atoms with van der Waals surface area (Å²) in [4.78, 5) is 24.9. The molecule has 0 radical (unpaired) electrons. The summed E-state index contributed by atoms with van der Waals surface area (Å²) in [5.74, 6) is -0.846. The lowest BCUT2D eigenvalue weighted by Gasteiger charge is -2.36. The Balaban J connectivity index is 2.06. The van der Waals surface area contributed by atoms with Crippen molar-refractivity contribution >= 4 is 11.9 Å². The quantitative estimate of drug-likeness (QED) is 0.841. The highest BCUT2D eigenvalue weighted by Crippen LogP contribution is 2.18. The second kappa shape index (κ2) is 7.94. The maximum absolute atomic E-state index is 12.6. The van der Waals surface area contributed by atoms with Crippen molar-refractivity contribution in [3.05, 3.63) is 29.8 Å². The van der Waals surface area contributed by atoms with Crippen LogP contribution in [0.5, 0.6) is 5.75 Å². The van der Waals surface area contributed by atoms with Crippen LogP contribution in [0.1, 0.15) is 17.3 Å². The van der Waals surface area contributed by atoms with Crippen molar-refractivity contribution in [3.63, 3.8) is 0 Å². The number of carboxylic acid groups (broad SMARTS) is 1. The summed E-state index contributed by atoms with van der Waals surface area (Å²) in [5.41, 5.74) is 0.457. The first kappa shape index (κ1) is 17.2. The Morgan fingerprint density at radius 2 is 2.17 bits per heavy atom. The van der Waals surface area contributed by atoms with Crippen LogP contribution in [0.3, 0.4) is 0 Å². The molecular weight excluding hydrogens is 302 g/mol. The first-order valence-corrected chi connectivity index (χ1v) is 7.38. The van der Waals surface area contributed by atoms with E-state index in [0.29, 0.717) is 31.0 Å². The molecule has 1 amide bonds. The van der Waals surface area contributed by atoms with Gasteiger partial charge in [-0.05, 0) is 25.1 Å². The van der Waals surface area contributed by atoms with Gasteiger partial charge >= 0.3 is 5.97 Å². The first-order chi connectivity index (χ1) is 11.0. The van der Waals surface area contributed by atoms with Gasteiger partial charge in [-0.1, -0.05) is 6.07 Å². The van der Waals surface area contributed by atoms with E-state index in [1.54, 1.807) is 36.3 Å². The number of nitrogens with zero attached hydrogens (tertiary/aromatic N) is 1. The van der Waals surface area contributed by atoms with Crippen LogP contribution in [-0.2, 0) is 14.3 Å². The van der Waals surface area contributed by atoms with Crippen LogP contribution in [0.25, 0.3) is 0 Å². The number of rotatable bonds is 6.